The van der Waals surface area contributed by atoms with Crippen LogP contribution in [0.1, 0.15) is 24.9 Å². The molecule has 0 spiro atoms. The summed E-state index contributed by atoms with van der Waals surface area (Å²) in [6, 6.07) is 1.89. The molecule has 0 radical (unpaired) electrons. The lowest BCUT2D eigenvalue weighted by atomic mass is 10.3. The molecule has 0 aromatic carbocycles. The van der Waals surface area contributed by atoms with Crippen molar-refractivity contribution in [3.8, 4) is 0 Å². The monoisotopic (exact) mass is 291 g/mol. The molecule has 0 saturated carbocycles. The average molecular weight is 292 g/mol. The van der Waals surface area contributed by atoms with Gasteiger partial charge < -0.3 is 5.32 Å². The largest absolute Gasteiger partial charge is 0.377 e. The van der Waals surface area contributed by atoms with Crippen LogP contribution in [0.25, 0.3) is 0 Å². The quantitative estimate of drug-likeness (QED) is 0.921. The van der Waals surface area contributed by atoms with Crippen LogP contribution in [0.2, 0.25) is 0 Å². The van der Waals surface area contributed by atoms with Crippen LogP contribution in [-0.2, 0) is 13.1 Å². The van der Waals surface area contributed by atoms with Gasteiger partial charge in [0, 0.05) is 12.7 Å². The predicted molar refractivity (Wildman–Crippen MR) is 70.7 cm³/mol. The number of anilines is 1. The number of rotatable bonds is 5. The maximum Gasteiger partial charge on any atom is 0.333 e. The molecule has 5 nitrogen and oxygen atoms in total. The highest BCUT2D eigenvalue weighted by Gasteiger charge is 2.11. The fraction of sp³-hybridized carbons (Fsp3) is 0.455. The SMILES string of the molecule is CCn1ccc(CNc2cn(C(F)F)nc2C)n1.Cl. The molecule has 0 aliphatic carbocycles. The van der Waals surface area contributed by atoms with Crippen molar-refractivity contribution in [1.82, 2.24) is 19.6 Å². The summed E-state index contributed by atoms with van der Waals surface area (Å²) < 4.78 is 27.3. The molecule has 0 saturated heterocycles. The van der Waals surface area contributed by atoms with Gasteiger partial charge in [-0.2, -0.15) is 19.0 Å². The minimum Gasteiger partial charge on any atom is -0.377 e. The number of hydrogen-bond donors (Lipinski definition) is 1. The van der Waals surface area contributed by atoms with Crippen LogP contribution in [0.15, 0.2) is 18.5 Å². The molecule has 1 N–H and O–H groups in total. The highest BCUT2D eigenvalue weighted by molar-refractivity contribution is 5.85. The van der Waals surface area contributed by atoms with E-state index in [1.807, 2.05) is 23.9 Å². The summed E-state index contributed by atoms with van der Waals surface area (Å²) in [5.74, 6) is 0. The Morgan fingerprint density at radius 1 is 1.37 bits per heavy atom. The standard InChI is InChI=1S/C11H15F2N5.ClH/c1-3-17-5-4-9(16-17)6-14-10-7-18(11(12)13)15-8(10)2;/h4-5,7,11,14H,3,6H2,1-2H3;1H. The Bertz CT molecular complexity index is 523. The van der Waals surface area contributed by atoms with Gasteiger partial charge in [-0.3, -0.25) is 4.68 Å². The number of aromatic nitrogens is 4. The summed E-state index contributed by atoms with van der Waals surface area (Å²) in [6.07, 6.45) is 3.18. The van der Waals surface area contributed by atoms with Crippen LogP contribution in [0.4, 0.5) is 14.5 Å². The Balaban J connectivity index is 0.00000180. The summed E-state index contributed by atoms with van der Waals surface area (Å²) in [5.41, 5.74) is 2.01. The minimum atomic E-state index is -2.61. The topological polar surface area (TPSA) is 47.7 Å². The second kappa shape index (κ2) is 6.51. The van der Waals surface area contributed by atoms with E-state index in [-0.39, 0.29) is 12.4 Å². The van der Waals surface area contributed by atoms with Crippen molar-refractivity contribution in [2.24, 2.45) is 0 Å². The molecule has 0 unspecified atom stereocenters. The molecule has 0 aliphatic rings. The van der Waals surface area contributed by atoms with Gasteiger partial charge in [0.2, 0.25) is 0 Å². The maximum absolute atomic E-state index is 12.4. The van der Waals surface area contributed by atoms with Crippen molar-refractivity contribution in [2.75, 3.05) is 5.32 Å². The van der Waals surface area contributed by atoms with Gasteiger partial charge in [-0.15, -0.1) is 12.4 Å². The molecule has 106 valence electrons. The molecule has 2 aromatic rings. The van der Waals surface area contributed by atoms with E-state index < -0.39 is 6.55 Å². The number of aryl methyl sites for hydroxylation is 2. The predicted octanol–water partition coefficient (Wildman–Crippen LogP) is 2.84. The number of halogens is 3. The van der Waals surface area contributed by atoms with Crippen LogP contribution < -0.4 is 5.32 Å². The first kappa shape index (κ1) is 15.4. The van der Waals surface area contributed by atoms with Crippen molar-refractivity contribution in [2.45, 2.75) is 33.5 Å². The highest BCUT2D eigenvalue weighted by Crippen LogP contribution is 2.18. The second-order valence-electron chi connectivity index (χ2n) is 3.90. The molecular weight excluding hydrogens is 276 g/mol. The number of alkyl halides is 2. The number of nitrogens with one attached hydrogen (secondary N) is 1. The zero-order chi connectivity index (χ0) is 13.1. The number of nitrogens with zero attached hydrogens (tertiary/aromatic N) is 4. The fourth-order valence-electron chi connectivity index (χ4n) is 1.62. The van der Waals surface area contributed by atoms with Crippen LogP contribution in [-0.4, -0.2) is 19.6 Å². The van der Waals surface area contributed by atoms with Gasteiger partial charge in [-0.1, -0.05) is 0 Å². The van der Waals surface area contributed by atoms with E-state index in [4.69, 9.17) is 0 Å². The summed E-state index contributed by atoms with van der Waals surface area (Å²) in [5, 5.41) is 11.1. The first-order valence-corrected chi connectivity index (χ1v) is 5.70. The van der Waals surface area contributed by atoms with Crippen LogP contribution in [0.3, 0.4) is 0 Å². The molecule has 2 heterocycles. The van der Waals surface area contributed by atoms with Crippen molar-refractivity contribution in [3.05, 3.63) is 29.8 Å². The minimum absolute atomic E-state index is 0. The molecule has 19 heavy (non-hydrogen) atoms. The van der Waals surface area contributed by atoms with E-state index in [9.17, 15) is 8.78 Å². The smallest absolute Gasteiger partial charge is 0.333 e. The third-order valence-corrected chi connectivity index (χ3v) is 2.60. The zero-order valence-electron chi connectivity index (χ0n) is 10.7. The normalized spacial score (nSPS) is 10.6. The summed E-state index contributed by atoms with van der Waals surface area (Å²) in [6.45, 7) is 2.37. The van der Waals surface area contributed by atoms with Gasteiger partial charge in [0.1, 0.15) is 0 Å². The van der Waals surface area contributed by atoms with Gasteiger partial charge in [0.15, 0.2) is 0 Å². The Kier molecular flexibility index (Phi) is 5.29. The Morgan fingerprint density at radius 2 is 2.11 bits per heavy atom. The van der Waals surface area contributed by atoms with E-state index in [0.717, 1.165) is 12.2 Å². The molecule has 8 heteroatoms. The molecule has 0 fully saturated rings. The zero-order valence-corrected chi connectivity index (χ0v) is 11.5. The first-order chi connectivity index (χ1) is 8.60. The van der Waals surface area contributed by atoms with Crippen LogP contribution in [0, 0.1) is 6.92 Å². The van der Waals surface area contributed by atoms with Gasteiger partial charge in [-0.25, -0.2) is 4.68 Å². The van der Waals surface area contributed by atoms with Crippen molar-refractivity contribution in [3.63, 3.8) is 0 Å². The van der Waals surface area contributed by atoms with E-state index in [1.165, 1.54) is 6.20 Å². The Labute approximate surface area is 116 Å². The summed E-state index contributed by atoms with van der Waals surface area (Å²) in [4.78, 5) is 0. The first-order valence-electron chi connectivity index (χ1n) is 5.70. The van der Waals surface area contributed by atoms with Crippen molar-refractivity contribution < 1.29 is 8.78 Å². The van der Waals surface area contributed by atoms with E-state index in [0.29, 0.717) is 22.6 Å². The van der Waals surface area contributed by atoms with Gasteiger partial charge in [-0.05, 0) is 19.9 Å². The lowest BCUT2D eigenvalue weighted by Gasteiger charge is -2.01. The molecule has 0 aliphatic heterocycles. The highest BCUT2D eigenvalue weighted by atomic mass is 35.5. The van der Waals surface area contributed by atoms with Gasteiger partial charge in [0.25, 0.3) is 0 Å². The van der Waals surface area contributed by atoms with Gasteiger partial charge >= 0.3 is 6.55 Å². The molecular formula is C11H16ClF2N5. The molecule has 0 atom stereocenters. The number of hydrogen-bond acceptors (Lipinski definition) is 3. The van der Waals surface area contributed by atoms with Crippen molar-refractivity contribution >= 4 is 18.1 Å². The van der Waals surface area contributed by atoms with Gasteiger partial charge in [0.05, 0.1) is 29.8 Å². The second-order valence-corrected chi connectivity index (χ2v) is 3.90. The van der Waals surface area contributed by atoms with E-state index in [2.05, 4.69) is 15.5 Å². The Morgan fingerprint density at radius 3 is 2.63 bits per heavy atom. The fourth-order valence-corrected chi connectivity index (χ4v) is 1.62. The molecule has 0 bridgehead atoms. The average Bonchev–Trinajstić information content (AvgIpc) is 2.93. The molecule has 2 aromatic heterocycles. The lowest BCUT2D eigenvalue weighted by Crippen LogP contribution is -2.02. The molecule has 2 rings (SSSR count). The third-order valence-electron chi connectivity index (χ3n) is 2.60. The van der Waals surface area contributed by atoms with E-state index in [1.54, 1.807) is 6.92 Å². The lowest BCUT2D eigenvalue weighted by molar-refractivity contribution is 0.0563. The maximum atomic E-state index is 12.4. The van der Waals surface area contributed by atoms with Crippen molar-refractivity contribution in [1.29, 1.82) is 0 Å². The summed E-state index contributed by atoms with van der Waals surface area (Å²) in [7, 11) is 0. The van der Waals surface area contributed by atoms with Crippen LogP contribution >= 0.6 is 12.4 Å². The molecule has 0 amide bonds. The summed E-state index contributed by atoms with van der Waals surface area (Å²) >= 11 is 0. The van der Waals surface area contributed by atoms with E-state index >= 15 is 0 Å². The van der Waals surface area contributed by atoms with Crippen LogP contribution in [0.5, 0.6) is 0 Å². The Hall–Kier alpha value is -1.63. The third kappa shape index (κ3) is 3.66.